The Balaban J connectivity index is 1.95. The van der Waals surface area contributed by atoms with Gasteiger partial charge in [0.2, 0.25) is 5.91 Å². The van der Waals surface area contributed by atoms with Gasteiger partial charge in [-0.3, -0.25) is 4.79 Å². The monoisotopic (exact) mass is 318 g/mol. The van der Waals surface area contributed by atoms with Gasteiger partial charge in [-0.05, 0) is 49.2 Å². The lowest BCUT2D eigenvalue weighted by molar-refractivity contribution is -0.114. The number of carbonyl (C=O) groups excluding carboxylic acids is 1. The van der Waals surface area contributed by atoms with Crippen molar-refractivity contribution in [3.05, 3.63) is 52.5 Å². The quantitative estimate of drug-likeness (QED) is 0.875. The fraction of sp³-hybridized carbons (Fsp3) is 0.235. The number of methoxy groups -OCH3 is 1. The van der Waals surface area contributed by atoms with Gasteiger partial charge in [0.25, 0.3) is 0 Å². The molecule has 0 bridgehead atoms. The van der Waals surface area contributed by atoms with E-state index in [2.05, 4.69) is 10.6 Å². The second-order valence-electron chi connectivity index (χ2n) is 5.00. The smallest absolute Gasteiger partial charge is 0.243 e. The van der Waals surface area contributed by atoms with E-state index in [1.54, 1.807) is 19.2 Å². The molecule has 0 atom stereocenters. The molecule has 0 aliphatic carbocycles. The molecule has 22 heavy (non-hydrogen) atoms. The molecule has 0 aliphatic rings. The molecule has 5 heteroatoms. The third-order valence-electron chi connectivity index (χ3n) is 3.48. The SMILES string of the molecule is COc1ccc(NCC(=O)Nc2cccc(C)c2C)cc1Cl. The number of rotatable bonds is 5. The molecule has 1 amide bonds. The van der Waals surface area contributed by atoms with Crippen molar-refractivity contribution in [1.29, 1.82) is 0 Å². The van der Waals surface area contributed by atoms with Crippen LogP contribution in [0.5, 0.6) is 5.75 Å². The zero-order valence-electron chi connectivity index (χ0n) is 12.9. The van der Waals surface area contributed by atoms with Crippen molar-refractivity contribution in [1.82, 2.24) is 0 Å². The van der Waals surface area contributed by atoms with E-state index in [0.29, 0.717) is 10.8 Å². The number of nitrogens with one attached hydrogen (secondary N) is 2. The van der Waals surface area contributed by atoms with E-state index >= 15 is 0 Å². The first-order valence-corrected chi connectivity index (χ1v) is 7.32. The van der Waals surface area contributed by atoms with E-state index in [4.69, 9.17) is 16.3 Å². The van der Waals surface area contributed by atoms with Crippen molar-refractivity contribution < 1.29 is 9.53 Å². The molecular weight excluding hydrogens is 300 g/mol. The van der Waals surface area contributed by atoms with Crippen molar-refractivity contribution >= 4 is 28.9 Å². The van der Waals surface area contributed by atoms with Gasteiger partial charge in [-0.15, -0.1) is 0 Å². The Morgan fingerprint density at radius 2 is 2.00 bits per heavy atom. The predicted octanol–water partition coefficient (Wildman–Crippen LogP) is 4.02. The number of halogens is 1. The maximum Gasteiger partial charge on any atom is 0.243 e. The van der Waals surface area contributed by atoms with Crippen LogP contribution in [0.15, 0.2) is 36.4 Å². The van der Waals surface area contributed by atoms with Crippen LogP contribution in [0.1, 0.15) is 11.1 Å². The summed E-state index contributed by atoms with van der Waals surface area (Å²) < 4.78 is 5.09. The van der Waals surface area contributed by atoms with Gasteiger partial charge in [0, 0.05) is 11.4 Å². The summed E-state index contributed by atoms with van der Waals surface area (Å²) in [5.74, 6) is 0.493. The highest BCUT2D eigenvalue weighted by atomic mass is 35.5. The third kappa shape index (κ3) is 3.92. The first-order chi connectivity index (χ1) is 10.5. The van der Waals surface area contributed by atoms with Gasteiger partial charge >= 0.3 is 0 Å². The van der Waals surface area contributed by atoms with Crippen molar-refractivity contribution in [2.75, 3.05) is 24.3 Å². The standard InChI is InChI=1S/C17H19ClN2O2/c1-11-5-4-6-15(12(11)2)20-17(21)10-19-13-7-8-16(22-3)14(18)9-13/h4-9,19H,10H2,1-3H3,(H,20,21). The minimum absolute atomic E-state index is 0.111. The number of hydrogen-bond donors (Lipinski definition) is 2. The van der Waals surface area contributed by atoms with Gasteiger partial charge in [0.15, 0.2) is 0 Å². The van der Waals surface area contributed by atoms with Crippen LogP contribution in [0.3, 0.4) is 0 Å². The Labute approximate surface area is 135 Å². The number of carbonyl (C=O) groups is 1. The second kappa shape index (κ2) is 7.18. The first-order valence-electron chi connectivity index (χ1n) is 6.94. The van der Waals surface area contributed by atoms with Crippen LogP contribution in [-0.4, -0.2) is 19.6 Å². The molecule has 0 aromatic heterocycles. The molecule has 2 N–H and O–H groups in total. The van der Waals surface area contributed by atoms with Crippen molar-refractivity contribution in [3.8, 4) is 5.75 Å². The summed E-state index contributed by atoms with van der Waals surface area (Å²) in [7, 11) is 1.56. The van der Waals surface area contributed by atoms with Gasteiger partial charge in [0.05, 0.1) is 18.7 Å². The first kappa shape index (κ1) is 16.2. The van der Waals surface area contributed by atoms with Crippen molar-refractivity contribution in [2.45, 2.75) is 13.8 Å². The lowest BCUT2D eigenvalue weighted by Crippen LogP contribution is -2.22. The largest absolute Gasteiger partial charge is 0.495 e. The topological polar surface area (TPSA) is 50.4 Å². The summed E-state index contributed by atoms with van der Waals surface area (Å²) in [6, 6.07) is 11.1. The van der Waals surface area contributed by atoms with Gasteiger partial charge in [-0.25, -0.2) is 0 Å². The van der Waals surface area contributed by atoms with Crippen molar-refractivity contribution in [3.63, 3.8) is 0 Å². The Bertz CT molecular complexity index is 686. The molecule has 0 heterocycles. The summed E-state index contributed by atoms with van der Waals surface area (Å²) in [4.78, 5) is 12.0. The summed E-state index contributed by atoms with van der Waals surface area (Å²) >= 11 is 6.05. The Kier molecular flexibility index (Phi) is 5.28. The van der Waals surface area contributed by atoms with E-state index in [9.17, 15) is 4.79 Å². The maximum absolute atomic E-state index is 12.0. The molecular formula is C17H19ClN2O2. The molecule has 2 rings (SSSR count). The Hall–Kier alpha value is -2.20. The zero-order chi connectivity index (χ0) is 16.1. The fourth-order valence-corrected chi connectivity index (χ4v) is 2.30. The highest BCUT2D eigenvalue weighted by Gasteiger charge is 2.07. The summed E-state index contributed by atoms with van der Waals surface area (Å²) in [6.07, 6.45) is 0. The number of hydrogen-bond acceptors (Lipinski definition) is 3. The average Bonchev–Trinajstić information content (AvgIpc) is 2.50. The van der Waals surface area contributed by atoms with Gasteiger partial charge in [-0.2, -0.15) is 0 Å². The Morgan fingerprint density at radius 1 is 1.23 bits per heavy atom. The highest BCUT2D eigenvalue weighted by Crippen LogP contribution is 2.27. The number of benzene rings is 2. The molecule has 2 aromatic rings. The van der Waals surface area contributed by atoms with Crippen LogP contribution in [0, 0.1) is 13.8 Å². The molecule has 0 aliphatic heterocycles. The van der Waals surface area contributed by atoms with E-state index in [0.717, 1.165) is 22.5 Å². The van der Waals surface area contributed by atoms with Crippen LogP contribution < -0.4 is 15.4 Å². The third-order valence-corrected chi connectivity index (χ3v) is 3.78. The summed E-state index contributed by atoms with van der Waals surface area (Å²) in [6.45, 7) is 4.17. The van der Waals surface area contributed by atoms with Gasteiger partial charge < -0.3 is 15.4 Å². The van der Waals surface area contributed by atoms with Crippen LogP contribution in [0.25, 0.3) is 0 Å². The van der Waals surface area contributed by atoms with Crippen molar-refractivity contribution in [2.24, 2.45) is 0 Å². The Morgan fingerprint density at radius 3 is 2.68 bits per heavy atom. The molecule has 4 nitrogen and oxygen atoms in total. The maximum atomic E-state index is 12.0. The van der Waals surface area contributed by atoms with Gasteiger partial charge in [-0.1, -0.05) is 23.7 Å². The number of anilines is 2. The molecule has 0 fully saturated rings. The molecule has 116 valence electrons. The average molecular weight is 319 g/mol. The zero-order valence-corrected chi connectivity index (χ0v) is 13.6. The molecule has 0 unspecified atom stereocenters. The number of amides is 1. The summed E-state index contributed by atoms with van der Waals surface area (Å²) in [5.41, 5.74) is 3.82. The molecule has 0 saturated heterocycles. The second-order valence-corrected chi connectivity index (χ2v) is 5.41. The number of aryl methyl sites for hydroxylation is 1. The molecule has 0 spiro atoms. The predicted molar refractivity (Wildman–Crippen MR) is 91.0 cm³/mol. The highest BCUT2D eigenvalue weighted by molar-refractivity contribution is 6.32. The number of ether oxygens (including phenoxy) is 1. The van der Waals surface area contributed by atoms with Crippen LogP contribution in [0.2, 0.25) is 5.02 Å². The summed E-state index contributed by atoms with van der Waals surface area (Å²) in [5, 5.41) is 6.44. The fourth-order valence-electron chi connectivity index (χ4n) is 2.04. The minimum atomic E-state index is -0.111. The molecule has 2 aromatic carbocycles. The normalized spacial score (nSPS) is 10.2. The van der Waals surface area contributed by atoms with E-state index in [1.165, 1.54) is 0 Å². The van der Waals surface area contributed by atoms with E-state index < -0.39 is 0 Å². The molecule has 0 saturated carbocycles. The van der Waals surface area contributed by atoms with Crippen LogP contribution in [0.4, 0.5) is 11.4 Å². The van der Waals surface area contributed by atoms with Crippen LogP contribution in [-0.2, 0) is 4.79 Å². The lowest BCUT2D eigenvalue weighted by Gasteiger charge is -2.12. The van der Waals surface area contributed by atoms with Crippen LogP contribution >= 0.6 is 11.6 Å². The molecule has 0 radical (unpaired) electrons. The lowest BCUT2D eigenvalue weighted by atomic mass is 10.1. The van der Waals surface area contributed by atoms with E-state index in [-0.39, 0.29) is 12.5 Å². The van der Waals surface area contributed by atoms with E-state index in [1.807, 2.05) is 38.1 Å². The van der Waals surface area contributed by atoms with Gasteiger partial charge in [0.1, 0.15) is 5.75 Å². The minimum Gasteiger partial charge on any atom is -0.495 e.